The van der Waals surface area contributed by atoms with Gasteiger partial charge in [-0.05, 0) is 34.2 Å². The highest BCUT2D eigenvalue weighted by Crippen LogP contribution is 2.36. The van der Waals surface area contributed by atoms with E-state index in [1.54, 1.807) is 6.20 Å². The highest BCUT2D eigenvalue weighted by Gasteiger charge is 2.29. The lowest BCUT2D eigenvalue weighted by molar-refractivity contribution is 0.237. The molecular weight excluding hydrogens is 280 g/mol. The van der Waals surface area contributed by atoms with Gasteiger partial charge in [0.1, 0.15) is 5.82 Å². The van der Waals surface area contributed by atoms with Crippen LogP contribution in [0.2, 0.25) is 0 Å². The highest BCUT2D eigenvalue weighted by atomic mass is 79.9. The summed E-state index contributed by atoms with van der Waals surface area (Å²) in [4.78, 5) is 10.6. The molecule has 5 heteroatoms. The number of nitrogen functional groups attached to an aromatic ring is 1. The van der Waals surface area contributed by atoms with Crippen LogP contribution in [-0.2, 0) is 0 Å². The molecule has 2 N–H and O–H groups in total. The van der Waals surface area contributed by atoms with Crippen LogP contribution < -0.4 is 10.6 Å². The Morgan fingerprint density at radius 1 is 1.47 bits per heavy atom. The van der Waals surface area contributed by atoms with Crippen molar-refractivity contribution in [3.8, 4) is 0 Å². The van der Waals surface area contributed by atoms with Gasteiger partial charge in [-0.25, -0.2) is 4.98 Å². The number of halogens is 1. The molecule has 1 aliphatic rings. The summed E-state index contributed by atoms with van der Waals surface area (Å²) in [5.74, 6) is 1.27. The van der Waals surface area contributed by atoms with Gasteiger partial charge in [0.05, 0.1) is 4.47 Å². The summed E-state index contributed by atoms with van der Waals surface area (Å²) >= 11 is 3.49. The van der Waals surface area contributed by atoms with Gasteiger partial charge in [-0.2, -0.15) is 4.98 Å². The van der Waals surface area contributed by atoms with Gasteiger partial charge in [-0.3, -0.25) is 0 Å². The molecule has 1 aromatic rings. The third-order valence-electron chi connectivity index (χ3n) is 3.87. The van der Waals surface area contributed by atoms with Crippen LogP contribution in [0.1, 0.15) is 33.1 Å². The molecule has 0 atom stereocenters. The van der Waals surface area contributed by atoms with Crippen LogP contribution in [0.3, 0.4) is 0 Å². The summed E-state index contributed by atoms with van der Waals surface area (Å²) in [5, 5.41) is 0. The monoisotopic (exact) mass is 298 g/mol. The summed E-state index contributed by atoms with van der Waals surface area (Å²) in [7, 11) is 0. The van der Waals surface area contributed by atoms with E-state index in [4.69, 9.17) is 5.73 Å². The zero-order chi connectivity index (χ0) is 12.5. The number of rotatable bonds is 2. The molecule has 0 spiro atoms. The Bertz CT molecular complexity index is 399. The first-order valence-corrected chi connectivity index (χ1v) is 6.86. The SMILES string of the molecule is CCC1(C)CCN(c2nc(N)ncc2Br)CC1. The third kappa shape index (κ3) is 2.70. The Morgan fingerprint density at radius 3 is 2.71 bits per heavy atom. The van der Waals surface area contributed by atoms with E-state index in [-0.39, 0.29) is 0 Å². The van der Waals surface area contributed by atoms with Gasteiger partial charge in [-0.15, -0.1) is 0 Å². The van der Waals surface area contributed by atoms with Gasteiger partial charge in [0.2, 0.25) is 5.95 Å². The van der Waals surface area contributed by atoms with Crippen LogP contribution in [0, 0.1) is 5.41 Å². The average Bonchev–Trinajstić information content (AvgIpc) is 2.34. The van der Waals surface area contributed by atoms with Crippen molar-refractivity contribution in [2.75, 3.05) is 23.7 Å². The van der Waals surface area contributed by atoms with Crippen LogP contribution in [0.4, 0.5) is 11.8 Å². The normalized spacial score (nSPS) is 19.4. The summed E-state index contributed by atoms with van der Waals surface area (Å²) in [5.41, 5.74) is 6.13. The summed E-state index contributed by atoms with van der Waals surface area (Å²) < 4.78 is 0.923. The van der Waals surface area contributed by atoms with E-state index in [1.807, 2.05) is 0 Å². The Labute approximate surface area is 111 Å². The van der Waals surface area contributed by atoms with Crippen molar-refractivity contribution in [2.24, 2.45) is 5.41 Å². The Morgan fingerprint density at radius 2 is 2.12 bits per heavy atom. The maximum absolute atomic E-state index is 5.64. The minimum Gasteiger partial charge on any atom is -0.368 e. The quantitative estimate of drug-likeness (QED) is 0.912. The van der Waals surface area contributed by atoms with Gasteiger partial charge in [0.25, 0.3) is 0 Å². The Kier molecular flexibility index (Phi) is 3.56. The fourth-order valence-corrected chi connectivity index (χ4v) is 2.65. The number of aromatic nitrogens is 2. The van der Waals surface area contributed by atoms with Gasteiger partial charge < -0.3 is 10.6 Å². The molecule has 0 unspecified atom stereocenters. The van der Waals surface area contributed by atoms with Crippen molar-refractivity contribution in [3.05, 3.63) is 10.7 Å². The minimum atomic E-state index is 0.340. The largest absolute Gasteiger partial charge is 0.368 e. The molecule has 17 heavy (non-hydrogen) atoms. The Hall–Kier alpha value is -0.840. The first kappa shape index (κ1) is 12.6. The fraction of sp³-hybridized carbons (Fsp3) is 0.667. The molecular formula is C12H19BrN4. The van der Waals surface area contributed by atoms with Crippen LogP contribution in [-0.4, -0.2) is 23.1 Å². The number of nitrogens with zero attached hydrogens (tertiary/aromatic N) is 3. The van der Waals surface area contributed by atoms with Crippen LogP contribution in [0.25, 0.3) is 0 Å². The van der Waals surface area contributed by atoms with E-state index < -0.39 is 0 Å². The second-order valence-corrected chi connectivity index (χ2v) is 5.91. The lowest BCUT2D eigenvalue weighted by Crippen LogP contribution is -2.39. The molecule has 1 aromatic heterocycles. The maximum atomic E-state index is 5.64. The van der Waals surface area contributed by atoms with E-state index >= 15 is 0 Å². The second kappa shape index (κ2) is 4.80. The van der Waals surface area contributed by atoms with E-state index in [0.29, 0.717) is 11.4 Å². The fourth-order valence-electron chi connectivity index (χ4n) is 2.20. The van der Waals surface area contributed by atoms with Gasteiger partial charge >= 0.3 is 0 Å². The zero-order valence-electron chi connectivity index (χ0n) is 10.4. The highest BCUT2D eigenvalue weighted by molar-refractivity contribution is 9.10. The van der Waals surface area contributed by atoms with E-state index in [0.717, 1.165) is 23.4 Å². The summed E-state index contributed by atoms with van der Waals surface area (Å²) in [6.07, 6.45) is 5.39. The standard InChI is InChI=1S/C12H19BrN4/c1-3-12(2)4-6-17(7-5-12)10-9(13)8-15-11(14)16-10/h8H,3-7H2,1-2H3,(H2,14,15,16). The maximum Gasteiger partial charge on any atom is 0.222 e. The lowest BCUT2D eigenvalue weighted by atomic mass is 9.78. The van der Waals surface area contributed by atoms with E-state index in [1.165, 1.54) is 19.3 Å². The predicted octanol–water partition coefficient (Wildman–Crippen LogP) is 2.84. The third-order valence-corrected chi connectivity index (χ3v) is 4.43. The zero-order valence-corrected chi connectivity index (χ0v) is 12.0. The molecule has 0 amide bonds. The molecule has 2 heterocycles. The molecule has 0 radical (unpaired) electrons. The minimum absolute atomic E-state index is 0.340. The summed E-state index contributed by atoms with van der Waals surface area (Å²) in [6, 6.07) is 0. The van der Waals surface area contributed by atoms with Gasteiger partial charge in [0.15, 0.2) is 0 Å². The number of hydrogen-bond donors (Lipinski definition) is 1. The number of hydrogen-bond acceptors (Lipinski definition) is 4. The van der Waals surface area contributed by atoms with E-state index in [9.17, 15) is 0 Å². The molecule has 0 bridgehead atoms. The van der Waals surface area contributed by atoms with Crippen molar-refractivity contribution < 1.29 is 0 Å². The molecule has 1 saturated heterocycles. The Balaban J connectivity index is 2.13. The predicted molar refractivity (Wildman–Crippen MR) is 74.0 cm³/mol. The molecule has 0 saturated carbocycles. The van der Waals surface area contributed by atoms with Crippen molar-refractivity contribution in [1.82, 2.24) is 9.97 Å². The molecule has 1 fully saturated rings. The number of nitrogens with two attached hydrogens (primary N) is 1. The van der Waals surface area contributed by atoms with Crippen LogP contribution in [0.15, 0.2) is 10.7 Å². The van der Waals surface area contributed by atoms with E-state index in [2.05, 4.69) is 44.6 Å². The first-order chi connectivity index (χ1) is 8.04. The number of anilines is 2. The van der Waals surface area contributed by atoms with Crippen LogP contribution in [0.5, 0.6) is 0 Å². The lowest BCUT2D eigenvalue weighted by Gasteiger charge is -2.39. The molecule has 1 aliphatic heterocycles. The van der Waals surface area contributed by atoms with Crippen molar-refractivity contribution in [3.63, 3.8) is 0 Å². The topological polar surface area (TPSA) is 55.0 Å². The number of piperidine rings is 1. The average molecular weight is 299 g/mol. The molecule has 94 valence electrons. The smallest absolute Gasteiger partial charge is 0.222 e. The first-order valence-electron chi connectivity index (χ1n) is 6.07. The van der Waals surface area contributed by atoms with Crippen molar-refractivity contribution >= 4 is 27.7 Å². The molecule has 2 rings (SSSR count). The molecule has 4 nitrogen and oxygen atoms in total. The van der Waals surface area contributed by atoms with Crippen molar-refractivity contribution in [1.29, 1.82) is 0 Å². The molecule has 0 aliphatic carbocycles. The summed E-state index contributed by atoms with van der Waals surface area (Å²) in [6.45, 7) is 6.72. The van der Waals surface area contributed by atoms with Gasteiger partial charge in [-0.1, -0.05) is 20.3 Å². The van der Waals surface area contributed by atoms with Crippen LogP contribution >= 0.6 is 15.9 Å². The van der Waals surface area contributed by atoms with Crippen molar-refractivity contribution in [2.45, 2.75) is 33.1 Å². The second-order valence-electron chi connectivity index (χ2n) is 5.05. The molecule has 0 aromatic carbocycles. The van der Waals surface area contributed by atoms with Gasteiger partial charge in [0, 0.05) is 19.3 Å².